The topological polar surface area (TPSA) is 124 Å². The Bertz CT molecular complexity index is 717. The maximum Gasteiger partial charge on any atom is 0.329 e. The summed E-state index contributed by atoms with van der Waals surface area (Å²) in [4.78, 5) is 53.3. The minimum absolute atomic E-state index is 0.0186. The van der Waals surface area contributed by atoms with Crippen LogP contribution in [0.2, 0.25) is 0 Å². The number of nitrogens with zero attached hydrogens (tertiary/aromatic N) is 1. The number of methoxy groups -OCH3 is 2. The van der Waals surface area contributed by atoms with Crippen LogP contribution in [0.1, 0.15) is 33.8 Å². The standard InChI is InChI=1S/C19H25N3O6S2/c1-27-18(25)14-10-29-8-3-4-9-30-11-15(19(26)28-2)22-17(24)13-7-5-6-12(20-13)16(23)21-14/h5-7,14-15H,3-4,8-11H2,1-2H3,(H,21,23)(H,22,24)/t14-,15-/m0/s1. The SMILES string of the molecule is COC(=O)[C@@H]1CSCCCCSC[C@@H](C(=O)OC)NC(=O)c2cccc(n2)C(=O)N1. The van der Waals surface area contributed by atoms with Gasteiger partial charge in [0.05, 0.1) is 14.2 Å². The van der Waals surface area contributed by atoms with Gasteiger partial charge >= 0.3 is 11.9 Å². The van der Waals surface area contributed by atoms with Crippen molar-refractivity contribution in [1.29, 1.82) is 0 Å². The highest BCUT2D eigenvalue weighted by atomic mass is 32.2. The molecule has 2 amide bonds. The summed E-state index contributed by atoms with van der Waals surface area (Å²) in [6.45, 7) is 0. The first-order chi connectivity index (χ1) is 14.5. The van der Waals surface area contributed by atoms with E-state index in [-0.39, 0.29) is 11.4 Å². The molecule has 11 heteroatoms. The van der Waals surface area contributed by atoms with Crippen molar-refractivity contribution in [3.05, 3.63) is 29.6 Å². The third-order valence-corrected chi connectivity index (χ3v) is 6.49. The van der Waals surface area contributed by atoms with E-state index in [0.29, 0.717) is 11.5 Å². The molecule has 2 bridgehead atoms. The van der Waals surface area contributed by atoms with E-state index in [2.05, 4.69) is 15.6 Å². The van der Waals surface area contributed by atoms with E-state index in [0.717, 1.165) is 24.3 Å². The van der Waals surface area contributed by atoms with Gasteiger partial charge in [0.2, 0.25) is 0 Å². The number of pyridine rings is 1. The number of esters is 2. The van der Waals surface area contributed by atoms with Gasteiger partial charge in [-0.05, 0) is 36.5 Å². The Balaban J connectivity index is 2.24. The van der Waals surface area contributed by atoms with Gasteiger partial charge in [-0.1, -0.05) is 6.07 Å². The fourth-order valence-corrected chi connectivity index (χ4v) is 4.64. The number of hydrogen-bond acceptors (Lipinski definition) is 9. The summed E-state index contributed by atoms with van der Waals surface area (Å²) in [5.41, 5.74) is -0.0373. The van der Waals surface area contributed by atoms with Crippen molar-refractivity contribution in [3.8, 4) is 0 Å². The number of nitrogens with one attached hydrogen (secondary N) is 2. The van der Waals surface area contributed by atoms with Crippen LogP contribution in [0.5, 0.6) is 0 Å². The highest BCUT2D eigenvalue weighted by molar-refractivity contribution is 7.99. The quantitative estimate of drug-likeness (QED) is 0.626. The summed E-state index contributed by atoms with van der Waals surface area (Å²) >= 11 is 3.09. The summed E-state index contributed by atoms with van der Waals surface area (Å²) in [5, 5.41) is 5.23. The predicted octanol–water partition coefficient (Wildman–Crippen LogP) is 0.885. The number of carbonyl (C=O) groups is 4. The molecule has 1 aliphatic heterocycles. The molecule has 0 aromatic carbocycles. The molecule has 30 heavy (non-hydrogen) atoms. The van der Waals surface area contributed by atoms with Crippen LogP contribution in [-0.2, 0) is 19.1 Å². The molecule has 1 aliphatic rings. The van der Waals surface area contributed by atoms with Gasteiger partial charge in [-0.3, -0.25) is 9.59 Å². The summed E-state index contributed by atoms with van der Waals surface area (Å²) < 4.78 is 9.56. The van der Waals surface area contributed by atoms with Gasteiger partial charge < -0.3 is 20.1 Å². The lowest BCUT2D eigenvalue weighted by molar-refractivity contribution is -0.143. The molecule has 2 atom stereocenters. The Morgan fingerprint density at radius 1 is 0.900 bits per heavy atom. The van der Waals surface area contributed by atoms with Crippen LogP contribution in [-0.4, -0.2) is 78.1 Å². The first-order valence-electron chi connectivity index (χ1n) is 9.36. The Morgan fingerprint density at radius 2 is 1.33 bits per heavy atom. The van der Waals surface area contributed by atoms with Crippen LogP contribution >= 0.6 is 23.5 Å². The van der Waals surface area contributed by atoms with E-state index in [1.54, 1.807) is 23.5 Å². The zero-order valence-electron chi connectivity index (χ0n) is 16.8. The fourth-order valence-electron chi connectivity index (χ4n) is 2.58. The van der Waals surface area contributed by atoms with E-state index >= 15 is 0 Å². The molecule has 0 aliphatic carbocycles. The van der Waals surface area contributed by atoms with Gasteiger partial charge in [-0.2, -0.15) is 23.5 Å². The first-order valence-corrected chi connectivity index (χ1v) is 11.7. The van der Waals surface area contributed by atoms with Crippen LogP contribution in [0.15, 0.2) is 18.2 Å². The Morgan fingerprint density at radius 3 is 1.73 bits per heavy atom. The van der Waals surface area contributed by atoms with Gasteiger partial charge in [0, 0.05) is 11.5 Å². The number of thioether (sulfide) groups is 2. The molecule has 1 aromatic heterocycles. The summed E-state index contributed by atoms with van der Waals surface area (Å²) in [5.74, 6) is 0.101. The Hall–Kier alpha value is -2.27. The molecule has 164 valence electrons. The smallest absolute Gasteiger partial charge is 0.329 e. The zero-order valence-corrected chi connectivity index (χ0v) is 18.5. The number of aromatic nitrogens is 1. The number of rotatable bonds is 2. The first kappa shape index (κ1) is 24.0. The number of hydrogen-bond donors (Lipinski definition) is 2. The largest absolute Gasteiger partial charge is 0.467 e. The monoisotopic (exact) mass is 455 g/mol. The number of fused-ring (bicyclic) bond motifs is 2. The van der Waals surface area contributed by atoms with Gasteiger partial charge in [-0.15, -0.1) is 0 Å². The normalized spacial score (nSPS) is 21.5. The third kappa shape index (κ3) is 7.21. The van der Waals surface area contributed by atoms with Crippen molar-refractivity contribution in [2.45, 2.75) is 24.9 Å². The van der Waals surface area contributed by atoms with Crippen LogP contribution in [0.25, 0.3) is 0 Å². The Labute approximate surface area is 183 Å². The van der Waals surface area contributed by atoms with Crippen LogP contribution in [0.4, 0.5) is 0 Å². The molecule has 9 nitrogen and oxygen atoms in total. The molecule has 2 rings (SSSR count). The van der Waals surface area contributed by atoms with Crippen molar-refractivity contribution >= 4 is 47.3 Å². The van der Waals surface area contributed by atoms with Gasteiger partial charge in [0.1, 0.15) is 23.5 Å². The van der Waals surface area contributed by atoms with Crippen LogP contribution in [0, 0.1) is 0 Å². The van der Waals surface area contributed by atoms with Crippen molar-refractivity contribution in [3.63, 3.8) is 0 Å². The molecule has 0 unspecified atom stereocenters. The average Bonchev–Trinajstić information content (AvgIpc) is 2.77. The molecule has 0 spiro atoms. The van der Waals surface area contributed by atoms with Gasteiger partial charge in [0.25, 0.3) is 11.8 Å². The van der Waals surface area contributed by atoms with Crippen molar-refractivity contribution < 1.29 is 28.7 Å². The lowest BCUT2D eigenvalue weighted by Gasteiger charge is -2.16. The Kier molecular flexibility index (Phi) is 9.95. The van der Waals surface area contributed by atoms with Gasteiger partial charge in [-0.25, -0.2) is 14.6 Å². The summed E-state index contributed by atoms with van der Waals surface area (Å²) in [6.07, 6.45) is 1.83. The second kappa shape index (κ2) is 12.4. The molecule has 2 N–H and O–H groups in total. The summed E-state index contributed by atoms with van der Waals surface area (Å²) in [6, 6.07) is 2.75. The van der Waals surface area contributed by atoms with E-state index in [4.69, 9.17) is 9.47 Å². The number of amides is 2. The molecule has 0 saturated heterocycles. The third-order valence-electron chi connectivity index (χ3n) is 4.19. The molecule has 0 radical (unpaired) electrons. The van der Waals surface area contributed by atoms with E-state index in [1.165, 1.54) is 32.4 Å². The molecule has 0 saturated carbocycles. The number of carbonyl (C=O) groups excluding carboxylic acids is 4. The number of ether oxygens (including phenoxy) is 2. The van der Waals surface area contributed by atoms with Gasteiger partial charge in [0.15, 0.2) is 0 Å². The summed E-state index contributed by atoms with van der Waals surface area (Å²) in [7, 11) is 2.53. The molecular weight excluding hydrogens is 430 g/mol. The highest BCUT2D eigenvalue weighted by Crippen LogP contribution is 2.13. The fraction of sp³-hybridized carbons (Fsp3) is 0.526. The molecule has 0 fully saturated rings. The molecular formula is C19H25N3O6S2. The lowest BCUT2D eigenvalue weighted by Crippen LogP contribution is -2.44. The predicted molar refractivity (Wildman–Crippen MR) is 115 cm³/mol. The second-order valence-corrected chi connectivity index (χ2v) is 8.66. The van der Waals surface area contributed by atoms with Crippen molar-refractivity contribution in [1.82, 2.24) is 15.6 Å². The molecule has 1 aromatic rings. The van der Waals surface area contributed by atoms with E-state index in [1.807, 2.05) is 0 Å². The van der Waals surface area contributed by atoms with Crippen LogP contribution in [0.3, 0.4) is 0 Å². The van der Waals surface area contributed by atoms with E-state index < -0.39 is 35.8 Å². The highest BCUT2D eigenvalue weighted by Gasteiger charge is 2.25. The minimum Gasteiger partial charge on any atom is -0.467 e. The average molecular weight is 456 g/mol. The zero-order chi connectivity index (χ0) is 21.9. The van der Waals surface area contributed by atoms with E-state index in [9.17, 15) is 19.2 Å². The maximum atomic E-state index is 12.6. The lowest BCUT2D eigenvalue weighted by atomic mass is 10.2. The second-order valence-electron chi connectivity index (χ2n) is 6.36. The van der Waals surface area contributed by atoms with Crippen LogP contribution < -0.4 is 10.6 Å². The van der Waals surface area contributed by atoms with Crippen molar-refractivity contribution in [2.75, 3.05) is 37.2 Å². The van der Waals surface area contributed by atoms with Crippen molar-refractivity contribution in [2.24, 2.45) is 0 Å². The molecule has 2 heterocycles. The minimum atomic E-state index is -0.819. The maximum absolute atomic E-state index is 12.6.